The summed E-state index contributed by atoms with van der Waals surface area (Å²) in [5, 5.41) is 0.463. The van der Waals surface area contributed by atoms with E-state index < -0.39 is 0 Å². The highest BCUT2D eigenvalue weighted by Crippen LogP contribution is 2.18. The van der Waals surface area contributed by atoms with Crippen LogP contribution in [0.3, 0.4) is 0 Å². The lowest BCUT2D eigenvalue weighted by molar-refractivity contribution is -0.132. The summed E-state index contributed by atoms with van der Waals surface area (Å²) in [6.45, 7) is 2.83. The number of halogens is 1. The number of methoxy groups -OCH3 is 1. The topological polar surface area (TPSA) is 49.9 Å². The van der Waals surface area contributed by atoms with Crippen molar-refractivity contribution in [2.45, 2.75) is 12.8 Å². The third kappa shape index (κ3) is 4.21. The molecule has 1 aromatic carbocycles. The molecule has 0 radical (unpaired) electrons. The maximum Gasteiger partial charge on any atom is 0.255 e. The number of nitrogens with zero attached hydrogens (tertiary/aromatic N) is 2. The Kier molecular flexibility index (Phi) is 6.21. The fourth-order valence-electron chi connectivity index (χ4n) is 2.52. The number of carbonyl (C=O) groups excluding carboxylic acids is 2. The number of rotatable bonds is 4. The zero-order valence-corrected chi connectivity index (χ0v) is 13.5. The van der Waals surface area contributed by atoms with Crippen LogP contribution in [0, 0.1) is 0 Å². The zero-order valence-electron chi connectivity index (χ0n) is 12.8. The third-order valence-electron chi connectivity index (χ3n) is 3.76. The van der Waals surface area contributed by atoms with Crippen LogP contribution >= 0.6 is 11.6 Å². The molecule has 5 nitrogen and oxygen atoms in total. The molecule has 0 N–H and O–H groups in total. The van der Waals surface area contributed by atoms with Crippen molar-refractivity contribution in [1.82, 2.24) is 9.80 Å². The van der Waals surface area contributed by atoms with Gasteiger partial charge in [0.05, 0.1) is 23.6 Å². The van der Waals surface area contributed by atoms with Gasteiger partial charge in [-0.2, -0.15) is 0 Å². The molecule has 1 aromatic rings. The Morgan fingerprint density at radius 1 is 1.14 bits per heavy atom. The van der Waals surface area contributed by atoms with E-state index in [2.05, 4.69) is 0 Å². The smallest absolute Gasteiger partial charge is 0.255 e. The molecule has 0 saturated carbocycles. The molecule has 2 rings (SSSR count). The summed E-state index contributed by atoms with van der Waals surface area (Å²) in [6.07, 6.45) is 1.16. The SMILES string of the molecule is COCCC(=O)N1CCCN(C(=O)c2ccccc2Cl)CC1. The summed E-state index contributed by atoms with van der Waals surface area (Å²) in [5.41, 5.74) is 0.517. The van der Waals surface area contributed by atoms with Crippen molar-refractivity contribution in [1.29, 1.82) is 0 Å². The summed E-state index contributed by atoms with van der Waals surface area (Å²) >= 11 is 6.09. The van der Waals surface area contributed by atoms with Crippen molar-refractivity contribution in [3.8, 4) is 0 Å². The minimum absolute atomic E-state index is 0.0724. The van der Waals surface area contributed by atoms with E-state index in [0.29, 0.717) is 49.8 Å². The molecule has 2 amide bonds. The van der Waals surface area contributed by atoms with E-state index in [-0.39, 0.29) is 11.8 Å². The van der Waals surface area contributed by atoms with Crippen LogP contribution in [0.5, 0.6) is 0 Å². The molecule has 1 aliphatic rings. The average molecular weight is 325 g/mol. The number of hydrogen-bond donors (Lipinski definition) is 0. The summed E-state index contributed by atoms with van der Waals surface area (Å²) in [6, 6.07) is 7.06. The number of benzene rings is 1. The highest BCUT2D eigenvalue weighted by atomic mass is 35.5. The number of hydrogen-bond acceptors (Lipinski definition) is 3. The van der Waals surface area contributed by atoms with Gasteiger partial charge >= 0.3 is 0 Å². The molecule has 0 bridgehead atoms. The molecule has 0 aromatic heterocycles. The molecule has 6 heteroatoms. The van der Waals surface area contributed by atoms with E-state index in [1.807, 2.05) is 0 Å². The van der Waals surface area contributed by atoms with E-state index in [0.717, 1.165) is 6.42 Å². The van der Waals surface area contributed by atoms with Crippen molar-refractivity contribution in [2.24, 2.45) is 0 Å². The number of ether oxygens (including phenoxy) is 1. The van der Waals surface area contributed by atoms with Gasteiger partial charge in [0, 0.05) is 33.3 Å². The fraction of sp³-hybridized carbons (Fsp3) is 0.500. The molecule has 0 spiro atoms. The lowest BCUT2D eigenvalue weighted by Crippen LogP contribution is -2.37. The largest absolute Gasteiger partial charge is 0.384 e. The quantitative estimate of drug-likeness (QED) is 0.851. The van der Waals surface area contributed by atoms with Crippen molar-refractivity contribution in [2.75, 3.05) is 39.9 Å². The monoisotopic (exact) mass is 324 g/mol. The van der Waals surface area contributed by atoms with E-state index >= 15 is 0 Å². The molecule has 1 aliphatic heterocycles. The summed E-state index contributed by atoms with van der Waals surface area (Å²) in [4.78, 5) is 28.1. The van der Waals surface area contributed by atoms with Crippen LogP contribution in [0.15, 0.2) is 24.3 Å². The van der Waals surface area contributed by atoms with Crippen LogP contribution in [0.2, 0.25) is 5.02 Å². The Morgan fingerprint density at radius 2 is 1.82 bits per heavy atom. The third-order valence-corrected chi connectivity index (χ3v) is 4.09. The first-order valence-corrected chi connectivity index (χ1v) is 7.82. The van der Waals surface area contributed by atoms with Gasteiger partial charge < -0.3 is 14.5 Å². The molecular weight excluding hydrogens is 304 g/mol. The highest BCUT2D eigenvalue weighted by molar-refractivity contribution is 6.33. The Balaban J connectivity index is 1.97. The maximum atomic E-state index is 12.5. The second-order valence-corrected chi connectivity index (χ2v) is 5.66. The molecular formula is C16H21ClN2O3. The van der Waals surface area contributed by atoms with Crippen LogP contribution in [-0.2, 0) is 9.53 Å². The van der Waals surface area contributed by atoms with Crippen molar-refractivity contribution < 1.29 is 14.3 Å². The minimum atomic E-state index is -0.0724. The lowest BCUT2D eigenvalue weighted by Gasteiger charge is -2.22. The standard InChI is InChI=1S/C16H21ClN2O3/c1-22-12-7-15(20)18-8-4-9-19(11-10-18)16(21)13-5-2-3-6-14(13)17/h2-3,5-6H,4,7-12H2,1H3. The van der Waals surface area contributed by atoms with Crippen LogP contribution < -0.4 is 0 Å². The molecule has 1 saturated heterocycles. The number of carbonyl (C=O) groups is 2. The minimum Gasteiger partial charge on any atom is -0.384 e. The molecule has 120 valence electrons. The predicted molar refractivity (Wildman–Crippen MR) is 85.0 cm³/mol. The first kappa shape index (κ1) is 16.8. The predicted octanol–water partition coefficient (Wildman–Crippen LogP) is 2.05. The lowest BCUT2D eigenvalue weighted by atomic mass is 10.2. The summed E-state index contributed by atoms with van der Waals surface area (Å²) in [5.74, 6) is 0.00526. The van der Waals surface area contributed by atoms with E-state index in [1.54, 1.807) is 41.2 Å². The van der Waals surface area contributed by atoms with Crippen LogP contribution in [0.1, 0.15) is 23.2 Å². The van der Waals surface area contributed by atoms with Gasteiger partial charge in [0.1, 0.15) is 0 Å². The molecule has 0 aliphatic carbocycles. The van der Waals surface area contributed by atoms with Crippen LogP contribution in [-0.4, -0.2) is 61.5 Å². The molecule has 22 heavy (non-hydrogen) atoms. The van der Waals surface area contributed by atoms with Gasteiger partial charge in [0.15, 0.2) is 0 Å². The van der Waals surface area contributed by atoms with E-state index in [4.69, 9.17) is 16.3 Å². The van der Waals surface area contributed by atoms with E-state index in [9.17, 15) is 9.59 Å². The van der Waals surface area contributed by atoms with Gasteiger partial charge in [-0.15, -0.1) is 0 Å². The second-order valence-electron chi connectivity index (χ2n) is 5.25. The average Bonchev–Trinajstić information content (AvgIpc) is 2.78. The van der Waals surface area contributed by atoms with Crippen LogP contribution in [0.4, 0.5) is 0 Å². The Bertz CT molecular complexity index is 536. The van der Waals surface area contributed by atoms with Gasteiger partial charge in [-0.05, 0) is 18.6 Å². The highest BCUT2D eigenvalue weighted by Gasteiger charge is 2.23. The fourth-order valence-corrected chi connectivity index (χ4v) is 2.74. The van der Waals surface area contributed by atoms with E-state index in [1.165, 1.54) is 0 Å². The first-order chi connectivity index (χ1) is 10.6. The molecule has 0 atom stereocenters. The van der Waals surface area contributed by atoms with Gasteiger partial charge in [-0.3, -0.25) is 9.59 Å². The van der Waals surface area contributed by atoms with Crippen molar-refractivity contribution in [3.05, 3.63) is 34.9 Å². The van der Waals surface area contributed by atoms with Crippen molar-refractivity contribution in [3.63, 3.8) is 0 Å². The Morgan fingerprint density at radius 3 is 2.55 bits per heavy atom. The van der Waals surface area contributed by atoms with Gasteiger partial charge in [0.2, 0.25) is 5.91 Å². The van der Waals surface area contributed by atoms with Crippen molar-refractivity contribution >= 4 is 23.4 Å². The number of amides is 2. The van der Waals surface area contributed by atoms with Gasteiger partial charge in [-0.1, -0.05) is 23.7 Å². The molecule has 1 fully saturated rings. The summed E-state index contributed by atoms with van der Waals surface area (Å²) < 4.78 is 4.94. The first-order valence-electron chi connectivity index (χ1n) is 7.44. The maximum absolute atomic E-state index is 12.5. The Labute approximate surface area is 135 Å². The Hall–Kier alpha value is -1.59. The zero-order chi connectivity index (χ0) is 15.9. The summed E-state index contributed by atoms with van der Waals surface area (Å²) in [7, 11) is 1.58. The van der Waals surface area contributed by atoms with Gasteiger partial charge in [0.25, 0.3) is 5.91 Å². The second kappa shape index (κ2) is 8.15. The van der Waals surface area contributed by atoms with Crippen LogP contribution in [0.25, 0.3) is 0 Å². The normalized spacial score (nSPS) is 15.5. The molecule has 1 heterocycles. The molecule has 0 unspecified atom stereocenters. The van der Waals surface area contributed by atoms with Gasteiger partial charge in [-0.25, -0.2) is 0 Å².